The number of carbonyl (C=O) groups excluding carboxylic acids is 2. The molecule has 2 N–H and O–H groups in total. The Morgan fingerprint density at radius 1 is 1.24 bits per heavy atom. The van der Waals surface area contributed by atoms with Crippen LogP contribution in [-0.2, 0) is 9.59 Å². The number of aliphatic imine (C=N–C) groups is 1. The maximum Gasteiger partial charge on any atom is 0.248 e. The number of nitrogens with zero attached hydrogens (tertiary/aromatic N) is 4. The van der Waals surface area contributed by atoms with Gasteiger partial charge in [-0.15, -0.1) is 0 Å². The van der Waals surface area contributed by atoms with E-state index in [4.69, 9.17) is 10.5 Å². The number of nitrogens with two attached hydrogens (primary N) is 1. The molecule has 132 valence electrons. The zero-order valence-electron chi connectivity index (χ0n) is 14.7. The van der Waals surface area contributed by atoms with Gasteiger partial charge < -0.3 is 10.5 Å². The second kappa shape index (κ2) is 7.69. The molecule has 0 atom stereocenters. The summed E-state index contributed by atoms with van der Waals surface area (Å²) in [6.45, 7) is 5.14. The predicted octanol–water partition coefficient (Wildman–Crippen LogP) is 1.94. The summed E-state index contributed by atoms with van der Waals surface area (Å²) < 4.78 is 5.21. The molecule has 1 heterocycles. The first kappa shape index (κ1) is 18.3. The van der Waals surface area contributed by atoms with Crippen LogP contribution in [0.5, 0.6) is 5.75 Å². The number of carbonyl (C=O) groups is 2. The van der Waals surface area contributed by atoms with E-state index in [1.54, 1.807) is 40.0 Å². The van der Waals surface area contributed by atoms with E-state index in [9.17, 15) is 9.59 Å². The summed E-state index contributed by atoms with van der Waals surface area (Å²) in [4.78, 5) is 37.5. The lowest BCUT2D eigenvalue weighted by atomic mass is 10.2. The van der Waals surface area contributed by atoms with E-state index in [0.717, 1.165) is 10.3 Å². The second-order valence-corrected chi connectivity index (χ2v) is 5.29. The first-order valence-corrected chi connectivity index (χ1v) is 7.93. The van der Waals surface area contributed by atoms with Crippen LogP contribution in [0.15, 0.2) is 23.2 Å². The quantitative estimate of drug-likeness (QED) is 0.671. The summed E-state index contributed by atoms with van der Waals surface area (Å²) in [5.74, 6) is -0.229. The van der Waals surface area contributed by atoms with E-state index in [1.807, 2.05) is 6.07 Å². The van der Waals surface area contributed by atoms with E-state index in [2.05, 4.69) is 15.0 Å². The van der Waals surface area contributed by atoms with Gasteiger partial charge in [0.15, 0.2) is 0 Å². The first-order chi connectivity index (χ1) is 11.9. The molecule has 2 aromatic rings. The number of hydrogen-bond donors (Lipinski definition) is 1. The number of rotatable bonds is 4. The smallest absolute Gasteiger partial charge is 0.248 e. The average Bonchev–Trinajstić information content (AvgIpc) is 2.61. The minimum atomic E-state index is -0.423. The zero-order chi connectivity index (χ0) is 18.6. The van der Waals surface area contributed by atoms with Crippen molar-refractivity contribution in [1.82, 2.24) is 9.97 Å². The van der Waals surface area contributed by atoms with Crippen molar-refractivity contribution in [2.75, 3.05) is 12.0 Å². The van der Waals surface area contributed by atoms with Gasteiger partial charge in [0.2, 0.25) is 23.7 Å². The van der Waals surface area contributed by atoms with Gasteiger partial charge in [-0.25, -0.2) is 14.9 Å². The molecule has 0 fully saturated rings. The summed E-state index contributed by atoms with van der Waals surface area (Å²) in [6, 6.07) is 5.35. The lowest BCUT2D eigenvalue weighted by molar-refractivity contribution is -0.117. The molecule has 0 bridgehead atoms. The molecule has 8 heteroatoms. The van der Waals surface area contributed by atoms with Gasteiger partial charge in [-0.05, 0) is 25.1 Å². The average molecular weight is 343 g/mol. The Morgan fingerprint density at radius 2 is 1.96 bits per heavy atom. The summed E-state index contributed by atoms with van der Waals surface area (Å²) in [7, 11) is 1.58. The van der Waals surface area contributed by atoms with Crippen molar-refractivity contribution >= 4 is 34.6 Å². The Kier molecular flexibility index (Phi) is 5.63. The summed E-state index contributed by atoms with van der Waals surface area (Å²) in [6.07, 6.45) is 0.353. The number of aryl methyl sites for hydroxylation is 1. The molecule has 25 heavy (non-hydrogen) atoms. The highest BCUT2D eigenvalue weighted by Gasteiger charge is 2.23. The van der Waals surface area contributed by atoms with Crippen LogP contribution in [0, 0.1) is 6.92 Å². The summed E-state index contributed by atoms with van der Waals surface area (Å²) in [5.41, 5.74) is 7.16. The van der Waals surface area contributed by atoms with Gasteiger partial charge >= 0.3 is 0 Å². The SMILES string of the molecule is CCC(=O)N=C(N)N(C(=O)CC)c1nc(C)c2cc(OC)ccc2n1. The number of aromatic nitrogens is 2. The Labute approximate surface area is 145 Å². The molecule has 8 nitrogen and oxygen atoms in total. The number of anilines is 1. The molecule has 0 radical (unpaired) electrons. The number of amides is 2. The van der Waals surface area contributed by atoms with Crippen LogP contribution in [0.2, 0.25) is 0 Å². The highest BCUT2D eigenvalue weighted by molar-refractivity contribution is 6.16. The molecule has 0 saturated heterocycles. The summed E-state index contributed by atoms with van der Waals surface area (Å²) >= 11 is 0. The third-order valence-electron chi connectivity index (χ3n) is 3.60. The fourth-order valence-corrected chi connectivity index (χ4v) is 2.23. The Morgan fingerprint density at radius 3 is 2.56 bits per heavy atom. The molecule has 0 aliphatic carbocycles. The Hall–Kier alpha value is -3.03. The van der Waals surface area contributed by atoms with Crippen molar-refractivity contribution in [3.8, 4) is 5.75 Å². The van der Waals surface area contributed by atoms with Gasteiger partial charge in [0.05, 0.1) is 18.3 Å². The maximum atomic E-state index is 12.3. The highest BCUT2D eigenvalue weighted by Crippen LogP contribution is 2.24. The number of ether oxygens (including phenoxy) is 1. The van der Waals surface area contributed by atoms with E-state index in [-0.39, 0.29) is 30.7 Å². The van der Waals surface area contributed by atoms with Crippen LogP contribution in [-0.4, -0.2) is 34.9 Å². The van der Waals surface area contributed by atoms with E-state index >= 15 is 0 Å². The molecule has 1 aromatic carbocycles. The molecule has 2 rings (SSSR count). The normalized spacial score (nSPS) is 11.4. The Bertz CT molecular complexity index is 848. The van der Waals surface area contributed by atoms with E-state index in [1.165, 1.54) is 0 Å². The first-order valence-electron chi connectivity index (χ1n) is 7.93. The number of fused-ring (bicyclic) bond motifs is 1. The number of methoxy groups -OCH3 is 1. The standard InChI is InChI=1S/C17H21N5O3/c1-5-14(23)21-16(18)22(15(24)6-2)17-19-10(3)12-9-11(25-4)7-8-13(12)20-17/h7-9H,5-6H2,1-4H3,(H2,18,21,23). The maximum absolute atomic E-state index is 12.3. The van der Waals surface area contributed by atoms with Gasteiger partial charge in [0.1, 0.15) is 5.75 Å². The van der Waals surface area contributed by atoms with Gasteiger partial charge in [0.25, 0.3) is 0 Å². The molecule has 0 saturated carbocycles. The molecule has 0 aliphatic rings. The second-order valence-electron chi connectivity index (χ2n) is 5.29. The van der Waals surface area contributed by atoms with Crippen LogP contribution < -0.4 is 15.4 Å². The minimum absolute atomic E-state index is 0.0900. The predicted molar refractivity (Wildman–Crippen MR) is 95.5 cm³/mol. The number of hydrogen-bond acceptors (Lipinski definition) is 5. The van der Waals surface area contributed by atoms with Crippen molar-refractivity contribution in [3.05, 3.63) is 23.9 Å². The van der Waals surface area contributed by atoms with Gasteiger partial charge in [-0.2, -0.15) is 4.99 Å². The van der Waals surface area contributed by atoms with Crippen molar-refractivity contribution in [3.63, 3.8) is 0 Å². The monoisotopic (exact) mass is 343 g/mol. The molecule has 2 amide bonds. The van der Waals surface area contributed by atoms with Crippen molar-refractivity contribution in [1.29, 1.82) is 0 Å². The number of benzene rings is 1. The summed E-state index contributed by atoms with van der Waals surface area (Å²) in [5, 5.41) is 0.798. The van der Waals surface area contributed by atoms with Crippen LogP contribution in [0.25, 0.3) is 10.9 Å². The van der Waals surface area contributed by atoms with Gasteiger partial charge in [-0.3, -0.25) is 9.59 Å². The van der Waals surface area contributed by atoms with Crippen LogP contribution in [0.1, 0.15) is 32.4 Å². The fraction of sp³-hybridized carbons (Fsp3) is 0.353. The van der Waals surface area contributed by atoms with E-state index in [0.29, 0.717) is 17.0 Å². The minimum Gasteiger partial charge on any atom is -0.497 e. The van der Waals surface area contributed by atoms with Crippen molar-refractivity contribution < 1.29 is 14.3 Å². The van der Waals surface area contributed by atoms with Crippen LogP contribution in [0.4, 0.5) is 5.95 Å². The van der Waals surface area contributed by atoms with E-state index < -0.39 is 5.91 Å². The lowest BCUT2D eigenvalue weighted by Crippen LogP contribution is -2.43. The van der Waals surface area contributed by atoms with Crippen molar-refractivity contribution in [2.45, 2.75) is 33.6 Å². The van der Waals surface area contributed by atoms with Gasteiger partial charge in [0, 0.05) is 18.2 Å². The van der Waals surface area contributed by atoms with Crippen LogP contribution >= 0.6 is 0 Å². The van der Waals surface area contributed by atoms with Crippen molar-refractivity contribution in [2.24, 2.45) is 10.7 Å². The third kappa shape index (κ3) is 3.90. The van der Waals surface area contributed by atoms with Gasteiger partial charge in [-0.1, -0.05) is 13.8 Å². The third-order valence-corrected chi connectivity index (χ3v) is 3.60. The molecule has 0 unspecified atom stereocenters. The largest absolute Gasteiger partial charge is 0.497 e. The molecule has 0 spiro atoms. The zero-order valence-corrected chi connectivity index (χ0v) is 14.7. The molecular formula is C17H21N5O3. The highest BCUT2D eigenvalue weighted by atomic mass is 16.5. The fourth-order valence-electron chi connectivity index (χ4n) is 2.23. The molecule has 0 aliphatic heterocycles. The topological polar surface area (TPSA) is 111 Å². The molecular weight excluding hydrogens is 322 g/mol. The Balaban J connectivity index is 2.59. The molecule has 1 aromatic heterocycles. The number of guanidine groups is 1. The lowest BCUT2D eigenvalue weighted by Gasteiger charge is -2.19. The van der Waals surface area contributed by atoms with Crippen LogP contribution in [0.3, 0.4) is 0 Å².